The highest BCUT2D eigenvalue weighted by Crippen LogP contribution is 2.14. The van der Waals surface area contributed by atoms with Gasteiger partial charge in [-0.2, -0.15) is 0 Å². The van der Waals surface area contributed by atoms with Gasteiger partial charge < -0.3 is 10.1 Å². The van der Waals surface area contributed by atoms with Crippen molar-refractivity contribution < 1.29 is 4.74 Å². The lowest BCUT2D eigenvalue weighted by molar-refractivity contribution is 0.414. The molecule has 0 fully saturated rings. The number of rotatable bonds is 5. The van der Waals surface area contributed by atoms with E-state index in [9.17, 15) is 0 Å². The van der Waals surface area contributed by atoms with E-state index in [1.165, 1.54) is 0 Å². The molecule has 0 aliphatic rings. The third kappa shape index (κ3) is 2.82. The molecule has 2 rings (SSSR count). The molecular formula is C12H16N4O. The number of ether oxygens (including phenoxy) is 1. The van der Waals surface area contributed by atoms with Crippen LogP contribution in [0.4, 0.5) is 0 Å². The fourth-order valence-electron chi connectivity index (χ4n) is 1.53. The van der Waals surface area contributed by atoms with Crippen molar-refractivity contribution in [1.29, 1.82) is 0 Å². The molecule has 1 aromatic heterocycles. The summed E-state index contributed by atoms with van der Waals surface area (Å²) >= 11 is 0. The second-order valence-corrected chi connectivity index (χ2v) is 3.71. The Morgan fingerprint density at radius 1 is 1.29 bits per heavy atom. The molecule has 0 bridgehead atoms. The molecule has 0 spiro atoms. The van der Waals surface area contributed by atoms with Crippen molar-refractivity contribution in [3.05, 3.63) is 36.2 Å². The Morgan fingerprint density at radius 3 is 2.71 bits per heavy atom. The fraction of sp³-hybridized carbons (Fsp3) is 0.333. The topological polar surface area (TPSA) is 52.0 Å². The monoisotopic (exact) mass is 232 g/mol. The largest absolute Gasteiger partial charge is 0.497 e. The van der Waals surface area contributed by atoms with Crippen LogP contribution >= 0.6 is 0 Å². The Hall–Kier alpha value is -1.88. The number of benzene rings is 1. The number of nitrogens with zero attached hydrogens (tertiary/aromatic N) is 3. The molecule has 17 heavy (non-hydrogen) atoms. The minimum atomic E-state index is 0.837. The number of methoxy groups -OCH3 is 1. The van der Waals surface area contributed by atoms with Gasteiger partial charge in [-0.25, -0.2) is 4.68 Å². The van der Waals surface area contributed by atoms with Crippen LogP contribution in [0.2, 0.25) is 0 Å². The third-order valence-electron chi connectivity index (χ3n) is 2.51. The summed E-state index contributed by atoms with van der Waals surface area (Å²) < 4.78 is 6.88. The number of aromatic nitrogens is 3. The van der Waals surface area contributed by atoms with Gasteiger partial charge in [0, 0.05) is 13.0 Å². The standard InChI is InChI=1S/C12H16N4O/c1-13-8-7-10-9-16(15-14-10)11-3-5-12(17-2)6-4-11/h3-6,9,13H,7-8H2,1-2H3. The van der Waals surface area contributed by atoms with Crippen molar-refractivity contribution >= 4 is 0 Å². The first-order valence-corrected chi connectivity index (χ1v) is 5.53. The first-order chi connectivity index (χ1) is 8.33. The minimum absolute atomic E-state index is 0.837. The van der Waals surface area contributed by atoms with Crippen LogP contribution in [0.3, 0.4) is 0 Å². The number of nitrogens with one attached hydrogen (secondary N) is 1. The number of hydrogen-bond acceptors (Lipinski definition) is 4. The highest BCUT2D eigenvalue weighted by Gasteiger charge is 2.02. The van der Waals surface area contributed by atoms with Gasteiger partial charge in [-0.1, -0.05) is 5.21 Å². The lowest BCUT2D eigenvalue weighted by Crippen LogP contribution is -2.10. The molecule has 0 radical (unpaired) electrons. The van der Waals surface area contributed by atoms with Gasteiger partial charge in [-0.05, 0) is 31.3 Å². The Balaban J connectivity index is 2.12. The molecule has 1 N–H and O–H groups in total. The van der Waals surface area contributed by atoms with Crippen LogP contribution in [0, 0.1) is 0 Å². The Morgan fingerprint density at radius 2 is 2.06 bits per heavy atom. The van der Waals surface area contributed by atoms with E-state index in [4.69, 9.17) is 4.74 Å². The molecule has 1 aromatic carbocycles. The molecule has 0 saturated heterocycles. The first-order valence-electron chi connectivity index (χ1n) is 5.53. The zero-order chi connectivity index (χ0) is 12.1. The van der Waals surface area contributed by atoms with Gasteiger partial charge >= 0.3 is 0 Å². The van der Waals surface area contributed by atoms with Crippen molar-refractivity contribution in [1.82, 2.24) is 20.3 Å². The normalized spacial score (nSPS) is 10.5. The van der Waals surface area contributed by atoms with E-state index < -0.39 is 0 Å². The van der Waals surface area contributed by atoms with E-state index in [1.807, 2.05) is 37.5 Å². The van der Waals surface area contributed by atoms with E-state index in [0.717, 1.165) is 30.1 Å². The summed E-state index contributed by atoms with van der Waals surface area (Å²) in [4.78, 5) is 0. The molecule has 0 aliphatic heterocycles. The number of likely N-dealkylation sites (N-methyl/N-ethyl adjacent to an activating group) is 1. The lowest BCUT2D eigenvalue weighted by atomic mass is 10.3. The second kappa shape index (κ2) is 5.45. The Labute approximate surface area is 100 Å². The smallest absolute Gasteiger partial charge is 0.119 e. The summed E-state index contributed by atoms with van der Waals surface area (Å²) in [5, 5.41) is 11.3. The molecule has 1 heterocycles. The van der Waals surface area contributed by atoms with Gasteiger partial charge in [0.15, 0.2) is 0 Å². The first kappa shape index (κ1) is 11.6. The van der Waals surface area contributed by atoms with Crippen molar-refractivity contribution in [2.24, 2.45) is 0 Å². The SMILES string of the molecule is CNCCc1cn(-c2ccc(OC)cc2)nn1. The van der Waals surface area contributed by atoms with Gasteiger partial charge in [0.25, 0.3) is 0 Å². The van der Waals surface area contributed by atoms with Crippen molar-refractivity contribution in [3.63, 3.8) is 0 Å². The summed E-state index contributed by atoms with van der Waals surface area (Å²) in [6.07, 6.45) is 2.83. The summed E-state index contributed by atoms with van der Waals surface area (Å²) in [5.74, 6) is 0.837. The van der Waals surface area contributed by atoms with Crippen LogP contribution in [0.25, 0.3) is 5.69 Å². The zero-order valence-corrected chi connectivity index (χ0v) is 10.1. The minimum Gasteiger partial charge on any atom is -0.497 e. The maximum absolute atomic E-state index is 5.11. The second-order valence-electron chi connectivity index (χ2n) is 3.71. The van der Waals surface area contributed by atoms with E-state index >= 15 is 0 Å². The Bertz CT molecular complexity index is 464. The molecule has 2 aromatic rings. The van der Waals surface area contributed by atoms with E-state index in [1.54, 1.807) is 11.8 Å². The summed E-state index contributed by atoms with van der Waals surface area (Å²) in [7, 11) is 3.58. The maximum Gasteiger partial charge on any atom is 0.119 e. The lowest BCUT2D eigenvalue weighted by Gasteiger charge is -2.02. The van der Waals surface area contributed by atoms with Crippen LogP contribution in [0.1, 0.15) is 5.69 Å². The van der Waals surface area contributed by atoms with Crippen LogP contribution < -0.4 is 10.1 Å². The quantitative estimate of drug-likeness (QED) is 0.836. The molecule has 5 nitrogen and oxygen atoms in total. The van der Waals surface area contributed by atoms with E-state index in [-0.39, 0.29) is 0 Å². The van der Waals surface area contributed by atoms with Crippen LogP contribution in [-0.2, 0) is 6.42 Å². The van der Waals surface area contributed by atoms with Gasteiger partial charge in [-0.3, -0.25) is 0 Å². The third-order valence-corrected chi connectivity index (χ3v) is 2.51. The van der Waals surface area contributed by atoms with Crippen LogP contribution in [-0.4, -0.2) is 35.7 Å². The molecule has 5 heteroatoms. The summed E-state index contributed by atoms with van der Waals surface area (Å²) in [6.45, 7) is 0.904. The Kier molecular flexibility index (Phi) is 3.72. The van der Waals surface area contributed by atoms with Gasteiger partial charge in [-0.15, -0.1) is 5.10 Å². The fourth-order valence-corrected chi connectivity index (χ4v) is 1.53. The molecule has 0 atom stereocenters. The highest BCUT2D eigenvalue weighted by atomic mass is 16.5. The van der Waals surface area contributed by atoms with Crippen molar-refractivity contribution in [3.8, 4) is 11.4 Å². The van der Waals surface area contributed by atoms with Gasteiger partial charge in [0.05, 0.1) is 24.7 Å². The van der Waals surface area contributed by atoms with E-state index in [2.05, 4.69) is 15.6 Å². The highest BCUT2D eigenvalue weighted by molar-refractivity contribution is 5.36. The van der Waals surface area contributed by atoms with Crippen molar-refractivity contribution in [2.45, 2.75) is 6.42 Å². The zero-order valence-electron chi connectivity index (χ0n) is 10.1. The summed E-state index contributed by atoms with van der Waals surface area (Å²) in [6, 6.07) is 7.72. The summed E-state index contributed by atoms with van der Waals surface area (Å²) in [5.41, 5.74) is 1.96. The molecule has 0 saturated carbocycles. The molecule has 0 aliphatic carbocycles. The van der Waals surface area contributed by atoms with Gasteiger partial charge in [0.2, 0.25) is 0 Å². The van der Waals surface area contributed by atoms with E-state index in [0.29, 0.717) is 0 Å². The molecular weight excluding hydrogens is 216 g/mol. The van der Waals surface area contributed by atoms with Crippen LogP contribution in [0.5, 0.6) is 5.75 Å². The van der Waals surface area contributed by atoms with Gasteiger partial charge in [0.1, 0.15) is 5.75 Å². The van der Waals surface area contributed by atoms with Crippen molar-refractivity contribution in [2.75, 3.05) is 20.7 Å². The molecule has 0 unspecified atom stereocenters. The average Bonchev–Trinajstić information content (AvgIpc) is 2.85. The average molecular weight is 232 g/mol. The molecule has 90 valence electrons. The number of hydrogen-bond donors (Lipinski definition) is 1. The predicted molar refractivity (Wildman–Crippen MR) is 65.5 cm³/mol. The predicted octanol–water partition coefficient (Wildman–Crippen LogP) is 1.04. The van der Waals surface area contributed by atoms with Crippen LogP contribution in [0.15, 0.2) is 30.5 Å². The molecule has 0 amide bonds. The maximum atomic E-state index is 5.11.